The van der Waals surface area contributed by atoms with Crippen LogP contribution in [0.4, 0.5) is 0 Å². The molecule has 2 aromatic carbocycles. The molecule has 23 heavy (non-hydrogen) atoms. The van der Waals surface area contributed by atoms with E-state index in [2.05, 4.69) is 0 Å². The van der Waals surface area contributed by atoms with Crippen LogP contribution in [-0.4, -0.2) is 38.7 Å². The molecule has 124 valence electrons. The summed E-state index contributed by atoms with van der Waals surface area (Å²) in [6.45, 7) is 1.82. The lowest BCUT2D eigenvalue weighted by molar-refractivity contribution is 0.338. The van der Waals surface area contributed by atoms with Crippen LogP contribution in [-0.2, 0) is 0 Å². The number of benzene rings is 2. The maximum atomic E-state index is 10.1. The van der Waals surface area contributed by atoms with Crippen molar-refractivity contribution in [3.63, 3.8) is 0 Å². The molecule has 0 bridgehead atoms. The van der Waals surface area contributed by atoms with Crippen LogP contribution in [0.3, 0.4) is 0 Å². The highest BCUT2D eigenvalue weighted by molar-refractivity contribution is 5.78. The molecule has 0 aliphatic heterocycles. The smallest absolute Gasteiger partial charge is 0.201 e. The van der Waals surface area contributed by atoms with Crippen molar-refractivity contribution >= 4 is 0 Å². The van der Waals surface area contributed by atoms with Gasteiger partial charge in [0.25, 0.3) is 0 Å². The van der Waals surface area contributed by atoms with E-state index in [0.717, 1.165) is 16.7 Å². The molecule has 0 radical (unpaired) electrons. The van der Waals surface area contributed by atoms with Crippen molar-refractivity contribution in [2.75, 3.05) is 28.4 Å². The van der Waals surface area contributed by atoms with E-state index in [4.69, 9.17) is 18.9 Å². The molecule has 0 saturated carbocycles. The fraction of sp³-hybridized carbons (Fsp3) is 0.294. The van der Waals surface area contributed by atoms with Gasteiger partial charge in [-0.05, 0) is 36.2 Å². The van der Waals surface area contributed by atoms with Gasteiger partial charge in [-0.2, -0.15) is 0 Å². The number of phenols is 2. The van der Waals surface area contributed by atoms with Crippen molar-refractivity contribution in [1.29, 1.82) is 0 Å². The molecule has 0 amide bonds. The molecule has 0 atom stereocenters. The first kappa shape index (κ1) is 16.6. The quantitative estimate of drug-likeness (QED) is 0.881. The molecule has 0 fully saturated rings. The van der Waals surface area contributed by atoms with E-state index in [1.165, 1.54) is 28.4 Å². The van der Waals surface area contributed by atoms with E-state index in [9.17, 15) is 10.2 Å². The average Bonchev–Trinajstić information content (AvgIpc) is 2.56. The van der Waals surface area contributed by atoms with Gasteiger partial charge in [-0.15, -0.1) is 0 Å². The summed E-state index contributed by atoms with van der Waals surface area (Å²) < 4.78 is 20.8. The first-order valence-corrected chi connectivity index (χ1v) is 6.88. The Labute approximate surface area is 134 Å². The minimum absolute atomic E-state index is 0.0611. The van der Waals surface area contributed by atoms with Crippen molar-refractivity contribution in [1.82, 2.24) is 0 Å². The van der Waals surface area contributed by atoms with Gasteiger partial charge in [-0.1, -0.05) is 0 Å². The normalized spacial score (nSPS) is 10.3. The topological polar surface area (TPSA) is 77.4 Å². The highest BCUT2D eigenvalue weighted by atomic mass is 16.5. The third kappa shape index (κ3) is 2.79. The molecule has 0 aliphatic rings. The third-order valence-corrected chi connectivity index (χ3v) is 3.68. The fourth-order valence-electron chi connectivity index (χ4n) is 2.47. The molecule has 6 heteroatoms. The lowest BCUT2D eigenvalue weighted by Crippen LogP contribution is -1.96. The average molecular weight is 320 g/mol. The van der Waals surface area contributed by atoms with Gasteiger partial charge in [0.15, 0.2) is 23.0 Å². The maximum absolute atomic E-state index is 10.1. The number of methoxy groups -OCH3 is 4. The van der Waals surface area contributed by atoms with Crippen LogP contribution in [0.5, 0.6) is 34.5 Å². The summed E-state index contributed by atoms with van der Waals surface area (Å²) in [4.78, 5) is 0. The number of ether oxygens (including phenoxy) is 4. The predicted octanol–water partition coefficient (Wildman–Crippen LogP) is 3.11. The van der Waals surface area contributed by atoms with Crippen molar-refractivity contribution in [2.45, 2.75) is 6.92 Å². The van der Waals surface area contributed by atoms with E-state index in [1.807, 2.05) is 6.92 Å². The Hall–Kier alpha value is -2.76. The second-order valence-corrected chi connectivity index (χ2v) is 4.86. The van der Waals surface area contributed by atoms with Crippen molar-refractivity contribution in [2.24, 2.45) is 0 Å². The summed E-state index contributed by atoms with van der Waals surface area (Å²) in [5.74, 6) is 1.04. The van der Waals surface area contributed by atoms with Crippen LogP contribution < -0.4 is 18.9 Å². The zero-order valence-electron chi connectivity index (χ0n) is 13.8. The third-order valence-electron chi connectivity index (χ3n) is 3.68. The monoisotopic (exact) mass is 320 g/mol. The van der Waals surface area contributed by atoms with Crippen molar-refractivity contribution in [3.8, 4) is 45.6 Å². The summed E-state index contributed by atoms with van der Waals surface area (Å²) in [5.41, 5.74) is 2.21. The van der Waals surface area contributed by atoms with Crippen molar-refractivity contribution < 1.29 is 29.2 Å². The van der Waals surface area contributed by atoms with E-state index in [-0.39, 0.29) is 28.7 Å². The van der Waals surface area contributed by atoms with Gasteiger partial charge in [0.2, 0.25) is 11.5 Å². The Kier molecular flexibility index (Phi) is 4.74. The largest absolute Gasteiger partial charge is 0.502 e. The fourth-order valence-corrected chi connectivity index (χ4v) is 2.47. The number of phenolic OH excluding ortho intramolecular Hbond substituents is 2. The number of hydrogen-bond donors (Lipinski definition) is 2. The Morgan fingerprint density at radius 1 is 0.696 bits per heavy atom. The Morgan fingerprint density at radius 2 is 1.17 bits per heavy atom. The first-order chi connectivity index (χ1) is 11.0. The molecule has 2 aromatic rings. The summed E-state index contributed by atoms with van der Waals surface area (Å²) in [7, 11) is 5.86. The summed E-state index contributed by atoms with van der Waals surface area (Å²) >= 11 is 0. The van der Waals surface area contributed by atoms with Gasteiger partial charge < -0.3 is 29.2 Å². The Bertz CT molecular complexity index is 699. The van der Waals surface area contributed by atoms with Crippen LogP contribution in [0.25, 0.3) is 11.1 Å². The van der Waals surface area contributed by atoms with Crippen LogP contribution >= 0.6 is 0 Å². The van der Waals surface area contributed by atoms with Crippen LogP contribution in [0.1, 0.15) is 5.56 Å². The van der Waals surface area contributed by atoms with E-state index in [0.29, 0.717) is 5.75 Å². The zero-order valence-corrected chi connectivity index (χ0v) is 13.8. The molecule has 0 unspecified atom stereocenters. The summed E-state index contributed by atoms with van der Waals surface area (Å²) in [6, 6.07) is 5.05. The number of hydrogen-bond acceptors (Lipinski definition) is 6. The number of rotatable bonds is 5. The predicted molar refractivity (Wildman–Crippen MR) is 86.2 cm³/mol. The van der Waals surface area contributed by atoms with Gasteiger partial charge in [0.05, 0.1) is 28.4 Å². The molecule has 6 nitrogen and oxygen atoms in total. The highest BCUT2D eigenvalue weighted by Crippen LogP contribution is 2.47. The SMILES string of the molecule is COc1cc(-c2cc(OC)c(O)c(OC)c2C)cc(OC)c1O. The molecule has 0 aromatic heterocycles. The second kappa shape index (κ2) is 6.56. The zero-order chi connectivity index (χ0) is 17.1. The maximum Gasteiger partial charge on any atom is 0.201 e. The molecular weight excluding hydrogens is 300 g/mol. The van der Waals surface area contributed by atoms with Crippen molar-refractivity contribution in [3.05, 3.63) is 23.8 Å². The first-order valence-electron chi connectivity index (χ1n) is 6.88. The summed E-state index contributed by atoms with van der Waals surface area (Å²) in [5, 5.41) is 20.2. The van der Waals surface area contributed by atoms with E-state index >= 15 is 0 Å². The highest BCUT2D eigenvalue weighted by Gasteiger charge is 2.20. The molecule has 0 heterocycles. The molecule has 0 spiro atoms. The molecular formula is C17H20O6. The molecule has 2 rings (SSSR count). The summed E-state index contributed by atoms with van der Waals surface area (Å²) in [6.07, 6.45) is 0. The minimum Gasteiger partial charge on any atom is -0.502 e. The molecule has 0 aliphatic carbocycles. The van der Waals surface area contributed by atoms with E-state index in [1.54, 1.807) is 18.2 Å². The second-order valence-electron chi connectivity index (χ2n) is 4.86. The molecule has 0 saturated heterocycles. The Morgan fingerprint density at radius 3 is 1.61 bits per heavy atom. The van der Waals surface area contributed by atoms with E-state index < -0.39 is 0 Å². The lowest BCUT2D eigenvalue weighted by atomic mass is 9.98. The van der Waals surface area contributed by atoms with Crippen LogP contribution in [0, 0.1) is 6.92 Å². The van der Waals surface area contributed by atoms with Gasteiger partial charge in [-0.3, -0.25) is 0 Å². The molecule has 2 N–H and O–H groups in total. The van der Waals surface area contributed by atoms with Gasteiger partial charge in [0.1, 0.15) is 0 Å². The van der Waals surface area contributed by atoms with Gasteiger partial charge in [-0.25, -0.2) is 0 Å². The Balaban J connectivity index is 2.76. The lowest BCUT2D eigenvalue weighted by Gasteiger charge is -2.17. The van der Waals surface area contributed by atoms with Gasteiger partial charge >= 0.3 is 0 Å². The standard InChI is InChI=1S/C17H20O6/c1-9-11(8-14(22-4)16(19)17(9)23-5)10-6-12(20-2)15(18)13(7-10)21-3/h6-8,18-19H,1-5H3. The van der Waals surface area contributed by atoms with Gasteiger partial charge in [0, 0.05) is 5.56 Å². The number of aromatic hydroxyl groups is 2. The minimum atomic E-state index is -0.0749. The van der Waals surface area contributed by atoms with Crippen LogP contribution in [0.2, 0.25) is 0 Å². The van der Waals surface area contributed by atoms with Crippen LogP contribution in [0.15, 0.2) is 18.2 Å².